The number of carbonyl (C=O) groups is 3. The van der Waals surface area contributed by atoms with Gasteiger partial charge in [0.05, 0.1) is 33.1 Å². The number of benzene rings is 3. The number of rotatable bonds is 11. The minimum Gasteiger partial charge on any atom is -0.493 e. The number of ether oxygens (including phenoxy) is 4. The Kier molecular flexibility index (Phi) is 9.60. The summed E-state index contributed by atoms with van der Waals surface area (Å²) in [6.45, 7) is 0.182. The van der Waals surface area contributed by atoms with Gasteiger partial charge in [0.25, 0.3) is 5.91 Å². The van der Waals surface area contributed by atoms with E-state index in [0.717, 1.165) is 0 Å². The van der Waals surface area contributed by atoms with Gasteiger partial charge in [-0.15, -0.1) is 0 Å². The zero-order valence-electron chi connectivity index (χ0n) is 20.6. The summed E-state index contributed by atoms with van der Waals surface area (Å²) in [5.74, 6) is 0.154. The smallest absolute Gasteiger partial charge is 0.343 e. The van der Waals surface area contributed by atoms with Crippen molar-refractivity contribution >= 4 is 24.0 Å². The van der Waals surface area contributed by atoms with E-state index in [9.17, 15) is 14.4 Å². The molecule has 2 N–H and O–H groups in total. The van der Waals surface area contributed by atoms with E-state index in [0.29, 0.717) is 34.1 Å². The van der Waals surface area contributed by atoms with E-state index in [1.807, 2.05) is 6.07 Å². The zero-order chi connectivity index (χ0) is 26.6. The molecule has 0 spiro atoms. The van der Waals surface area contributed by atoms with E-state index in [-0.39, 0.29) is 30.3 Å². The molecule has 37 heavy (non-hydrogen) atoms. The monoisotopic (exact) mass is 505 g/mol. The van der Waals surface area contributed by atoms with Crippen LogP contribution in [0.4, 0.5) is 0 Å². The molecule has 10 heteroatoms. The first kappa shape index (κ1) is 26.7. The van der Waals surface area contributed by atoms with Crippen molar-refractivity contribution in [3.63, 3.8) is 0 Å². The molecule has 0 radical (unpaired) electrons. The summed E-state index contributed by atoms with van der Waals surface area (Å²) in [6.07, 6.45) is 1.52. The van der Waals surface area contributed by atoms with Crippen LogP contribution in [0.25, 0.3) is 0 Å². The quantitative estimate of drug-likeness (QED) is 0.177. The van der Waals surface area contributed by atoms with Crippen LogP contribution in [0.15, 0.2) is 71.8 Å². The third kappa shape index (κ3) is 7.56. The fraction of sp³-hybridized carbons (Fsp3) is 0.185. The molecule has 10 nitrogen and oxygen atoms in total. The Bertz CT molecular complexity index is 1230. The van der Waals surface area contributed by atoms with Gasteiger partial charge in [-0.05, 0) is 54.1 Å². The molecule has 0 aromatic heterocycles. The van der Waals surface area contributed by atoms with E-state index < -0.39 is 5.97 Å². The SMILES string of the molecule is COc1cc(C(=O)Oc2ccc(/C=N\NC(=O)CCNC(=O)c3ccccc3)cc2)cc(OC)c1OC. The standard InChI is InChI=1S/C27H27N3O7/c1-34-22-15-20(16-23(35-2)25(22)36-3)27(33)37-21-11-9-18(10-12-21)17-29-30-24(31)13-14-28-26(32)19-7-5-4-6-8-19/h4-12,15-17H,13-14H2,1-3H3,(H,28,32)(H,30,31)/b29-17-. The van der Waals surface area contributed by atoms with Crippen LogP contribution in [0.5, 0.6) is 23.0 Å². The Morgan fingerprint density at radius 1 is 0.838 bits per heavy atom. The molecule has 192 valence electrons. The number of amides is 2. The van der Waals surface area contributed by atoms with Crippen LogP contribution in [0.3, 0.4) is 0 Å². The van der Waals surface area contributed by atoms with Crippen LogP contribution in [0.2, 0.25) is 0 Å². The molecule has 0 heterocycles. The summed E-state index contributed by atoms with van der Waals surface area (Å²) in [5, 5.41) is 6.58. The molecule has 0 bridgehead atoms. The predicted octanol–water partition coefficient (Wildman–Crippen LogP) is 3.20. The van der Waals surface area contributed by atoms with Crippen LogP contribution in [-0.2, 0) is 4.79 Å². The van der Waals surface area contributed by atoms with Gasteiger partial charge < -0.3 is 24.3 Å². The van der Waals surface area contributed by atoms with Crippen molar-refractivity contribution in [1.29, 1.82) is 0 Å². The lowest BCUT2D eigenvalue weighted by atomic mass is 10.2. The van der Waals surface area contributed by atoms with Gasteiger partial charge in [0.2, 0.25) is 11.7 Å². The number of nitrogens with zero attached hydrogens (tertiary/aromatic N) is 1. The van der Waals surface area contributed by atoms with Crippen LogP contribution in [0.1, 0.15) is 32.7 Å². The first-order valence-electron chi connectivity index (χ1n) is 11.2. The third-order valence-electron chi connectivity index (χ3n) is 5.07. The van der Waals surface area contributed by atoms with E-state index in [1.165, 1.54) is 39.7 Å². The summed E-state index contributed by atoms with van der Waals surface area (Å²) >= 11 is 0. The van der Waals surface area contributed by atoms with Gasteiger partial charge in [0.15, 0.2) is 11.5 Å². The number of hydrogen-bond acceptors (Lipinski definition) is 8. The van der Waals surface area contributed by atoms with E-state index in [4.69, 9.17) is 18.9 Å². The highest BCUT2D eigenvalue weighted by Gasteiger charge is 2.18. The lowest BCUT2D eigenvalue weighted by molar-refractivity contribution is -0.120. The number of nitrogens with one attached hydrogen (secondary N) is 2. The number of methoxy groups -OCH3 is 3. The first-order chi connectivity index (χ1) is 17.9. The molecule has 0 saturated carbocycles. The third-order valence-corrected chi connectivity index (χ3v) is 5.07. The topological polar surface area (TPSA) is 125 Å². The van der Waals surface area contributed by atoms with E-state index >= 15 is 0 Å². The Balaban J connectivity index is 1.48. The van der Waals surface area contributed by atoms with Gasteiger partial charge in [-0.3, -0.25) is 9.59 Å². The molecule has 3 aromatic carbocycles. The van der Waals surface area contributed by atoms with Gasteiger partial charge in [0.1, 0.15) is 5.75 Å². The second-order valence-corrected chi connectivity index (χ2v) is 7.54. The first-order valence-corrected chi connectivity index (χ1v) is 11.2. The Hall–Kier alpha value is -4.86. The van der Waals surface area contributed by atoms with Crippen molar-refractivity contribution in [2.75, 3.05) is 27.9 Å². The number of hydrogen-bond donors (Lipinski definition) is 2. The minimum absolute atomic E-state index is 0.0751. The fourth-order valence-corrected chi connectivity index (χ4v) is 3.20. The highest BCUT2D eigenvalue weighted by Crippen LogP contribution is 2.38. The summed E-state index contributed by atoms with van der Waals surface area (Å²) in [6, 6.07) is 18.3. The van der Waals surface area contributed by atoms with E-state index in [1.54, 1.807) is 48.5 Å². The highest BCUT2D eigenvalue weighted by molar-refractivity contribution is 5.94. The highest BCUT2D eigenvalue weighted by atomic mass is 16.5. The average Bonchev–Trinajstić information content (AvgIpc) is 2.93. The van der Waals surface area contributed by atoms with E-state index in [2.05, 4.69) is 15.8 Å². The summed E-state index contributed by atoms with van der Waals surface area (Å²) in [4.78, 5) is 36.5. The maximum Gasteiger partial charge on any atom is 0.343 e. The van der Waals surface area contributed by atoms with Gasteiger partial charge in [0, 0.05) is 18.5 Å². The molecule has 0 aliphatic carbocycles. The molecule has 0 unspecified atom stereocenters. The fourth-order valence-electron chi connectivity index (χ4n) is 3.20. The summed E-state index contributed by atoms with van der Waals surface area (Å²) in [5.41, 5.74) is 3.83. The normalized spacial score (nSPS) is 10.5. The molecule has 0 fully saturated rings. The molecular weight excluding hydrogens is 478 g/mol. The molecule has 0 aliphatic heterocycles. The largest absolute Gasteiger partial charge is 0.493 e. The zero-order valence-corrected chi connectivity index (χ0v) is 20.6. The molecule has 3 aromatic rings. The molecule has 0 aliphatic rings. The Morgan fingerprint density at radius 2 is 1.49 bits per heavy atom. The van der Waals surface area contributed by atoms with Crippen LogP contribution in [-0.4, -0.2) is 51.9 Å². The van der Waals surface area contributed by atoms with Crippen molar-refractivity contribution in [1.82, 2.24) is 10.7 Å². The minimum atomic E-state index is -0.604. The summed E-state index contributed by atoms with van der Waals surface area (Å²) < 4.78 is 21.2. The molecule has 0 atom stereocenters. The van der Waals surface area contributed by atoms with Gasteiger partial charge >= 0.3 is 5.97 Å². The van der Waals surface area contributed by atoms with Crippen molar-refractivity contribution in [2.45, 2.75) is 6.42 Å². The molecule has 0 saturated heterocycles. The number of esters is 1. The number of hydrazone groups is 1. The summed E-state index contributed by atoms with van der Waals surface area (Å²) in [7, 11) is 4.39. The van der Waals surface area contributed by atoms with Crippen molar-refractivity contribution in [2.24, 2.45) is 5.10 Å². The molecule has 2 amide bonds. The lowest BCUT2D eigenvalue weighted by Gasteiger charge is -2.13. The Morgan fingerprint density at radius 3 is 2.08 bits per heavy atom. The van der Waals surface area contributed by atoms with Crippen molar-refractivity contribution in [3.8, 4) is 23.0 Å². The van der Waals surface area contributed by atoms with Crippen LogP contribution in [0, 0.1) is 0 Å². The van der Waals surface area contributed by atoms with Crippen molar-refractivity contribution < 1.29 is 33.3 Å². The van der Waals surface area contributed by atoms with Gasteiger partial charge in [-0.2, -0.15) is 5.10 Å². The Labute approximate surface area is 214 Å². The van der Waals surface area contributed by atoms with Crippen molar-refractivity contribution in [3.05, 3.63) is 83.4 Å². The average molecular weight is 506 g/mol. The maximum absolute atomic E-state index is 12.6. The second kappa shape index (κ2) is 13.3. The van der Waals surface area contributed by atoms with Crippen LogP contribution >= 0.6 is 0 Å². The van der Waals surface area contributed by atoms with Gasteiger partial charge in [-0.25, -0.2) is 10.2 Å². The second-order valence-electron chi connectivity index (χ2n) is 7.54. The van der Waals surface area contributed by atoms with Crippen LogP contribution < -0.4 is 29.7 Å². The number of carbonyl (C=O) groups excluding carboxylic acids is 3. The molecular formula is C27H27N3O7. The lowest BCUT2D eigenvalue weighted by Crippen LogP contribution is -2.28. The molecule has 3 rings (SSSR count). The predicted molar refractivity (Wildman–Crippen MR) is 137 cm³/mol. The van der Waals surface area contributed by atoms with Gasteiger partial charge in [-0.1, -0.05) is 18.2 Å². The maximum atomic E-state index is 12.6.